The lowest BCUT2D eigenvalue weighted by Gasteiger charge is -2.38. The van der Waals surface area contributed by atoms with Crippen LogP contribution in [0.1, 0.15) is 30.5 Å². The van der Waals surface area contributed by atoms with Crippen molar-refractivity contribution < 1.29 is 23.1 Å². The number of aryl methyl sites for hydroxylation is 1. The summed E-state index contributed by atoms with van der Waals surface area (Å²) in [6.07, 6.45) is -1.95. The molecule has 0 atom stereocenters. The predicted octanol–water partition coefficient (Wildman–Crippen LogP) is 2.77. The molecule has 0 unspecified atom stereocenters. The summed E-state index contributed by atoms with van der Waals surface area (Å²) in [6, 6.07) is 0. The first kappa shape index (κ1) is 16.8. The highest BCUT2D eigenvalue weighted by Crippen LogP contribution is 2.41. The van der Waals surface area contributed by atoms with Gasteiger partial charge >= 0.3 is 12.3 Å². The quantitative estimate of drug-likeness (QED) is 0.848. The highest BCUT2D eigenvalue weighted by molar-refractivity contribution is 5.65. The van der Waals surface area contributed by atoms with Crippen molar-refractivity contribution in [3.05, 3.63) is 17.5 Å². The smallest absolute Gasteiger partial charge is 0.433 e. The van der Waals surface area contributed by atoms with Crippen LogP contribution in [-0.4, -0.2) is 52.2 Å². The molecule has 6 nitrogen and oxygen atoms in total. The number of rotatable bonds is 1. The maximum atomic E-state index is 13.0. The lowest BCUT2D eigenvalue weighted by molar-refractivity contribution is -0.141. The molecular weight excluding hydrogens is 325 g/mol. The second-order valence-corrected chi connectivity index (χ2v) is 6.64. The molecule has 2 saturated heterocycles. The van der Waals surface area contributed by atoms with E-state index in [-0.39, 0.29) is 16.9 Å². The second-order valence-electron chi connectivity index (χ2n) is 6.64. The van der Waals surface area contributed by atoms with Gasteiger partial charge in [0.25, 0.3) is 0 Å². The van der Waals surface area contributed by atoms with Crippen molar-refractivity contribution in [1.29, 1.82) is 0 Å². The van der Waals surface area contributed by atoms with E-state index in [0.717, 1.165) is 6.42 Å². The van der Waals surface area contributed by atoms with Crippen molar-refractivity contribution in [2.45, 2.75) is 32.4 Å². The zero-order chi connectivity index (χ0) is 17.5. The highest BCUT2D eigenvalue weighted by Gasteiger charge is 2.43. The molecule has 1 amide bonds. The Bertz CT molecular complexity index is 642. The number of amides is 1. The predicted molar refractivity (Wildman–Crippen MR) is 79.9 cm³/mol. The molecule has 1 spiro atoms. The molecule has 0 bridgehead atoms. The van der Waals surface area contributed by atoms with Crippen LogP contribution in [-0.2, 0) is 6.18 Å². The van der Waals surface area contributed by atoms with Gasteiger partial charge in [0, 0.05) is 32.4 Å². The van der Waals surface area contributed by atoms with Gasteiger partial charge in [0.1, 0.15) is 0 Å². The van der Waals surface area contributed by atoms with E-state index in [2.05, 4.69) is 9.97 Å². The van der Waals surface area contributed by atoms with Gasteiger partial charge in [0.05, 0.1) is 0 Å². The molecule has 24 heavy (non-hydrogen) atoms. The van der Waals surface area contributed by atoms with E-state index in [1.165, 1.54) is 18.0 Å². The van der Waals surface area contributed by atoms with E-state index < -0.39 is 18.0 Å². The Kier molecular flexibility index (Phi) is 4.05. The molecule has 0 saturated carbocycles. The molecule has 0 aromatic carbocycles. The number of piperidine rings is 1. The number of aromatic nitrogens is 2. The Balaban J connectivity index is 1.74. The average molecular weight is 344 g/mol. The molecule has 0 radical (unpaired) electrons. The number of hydrogen-bond acceptors (Lipinski definition) is 4. The molecule has 1 N–H and O–H groups in total. The first-order valence-corrected chi connectivity index (χ1v) is 7.84. The fourth-order valence-electron chi connectivity index (χ4n) is 3.56. The van der Waals surface area contributed by atoms with Gasteiger partial charge in [0.2, 0.25) is 5.95 Å². The molecular formula is C15H19F3N4O2. The monoisotopic (exact) mass is 344 g/mol. The summed E-state index contributed by atoms with van der Waals surface area (Å²) >= 11 is 0. The summed E-state index contributed by atoms with van der Waals surface area (Å²) in [6.45, 7) is 3.44. The number of halogens is 3. The van der Waals surface area contributed by atoms with E-state index >= 15 is 0 Å². The summed E-state index contributed by atoms with van der Waals surface area (Å²) in [5.74, 6) is 0.102. The summed E-state index contributed by atoms with van der Waals surface area (Å²) in [5, 5.41) is 9.02. The Morgan fingerprint density at radius 1 is 1.25 bits per heavy atom. The lowest BCUT2D eigenvalue weighted by Crippen LogP contribution is -2.43. The van der Waals surface area contributed by atoms with Gasteiger partial charge < -0.3 is 14.9 Å². The maximum Gasteiger partial charge on any atom is 0.433 e. The van der Waals surface area contributed by atoms with E-state index in [1.54, 1.807) is 4.90 Å². The van der Waals surface area contributed by atoms with Gasteiger partial charge in [-0.25, -0.2) is 14.8 Å². The van der Waals surface area contributed by atoms with Crippen LogP contribution in [0.2, 0.25) is 0 Å². The van der Waals surface area contributed by atoms with Crippen LogP contribution in [0.4, 0.5) is 23.9 Å². The van der Waals surface area contributed by atoms with E-state index in [0.29, 0.717) is 39.0 Å². The van der Waals surface area contributed by atoms with E-state index in [4.69, 9.17) is 5.11 Å². The average Bonchev–Trinajstić information content (AvgIpc) is 2.91. The van der Waals surface area contributed by atoms with Crippen LogP contribution in [0.15, 0.2) is 6.20 Å². The maximum absolute atomic E-state index is 13.0. The molecule has 2 aliphatic rings. The molecule has 9 heteroatoms. The highest BCUT2D eigenvalue weighted by atomic mass is 19.4. The number of alkyl halides is 3. The van der Waals surface area contributed by atoms with Crippen molar-refractivity contribution in [2.75, 3.05) is 31.1 Å². The Labute approximate surface area is 137 Å². The standard InChI is InChI=1S/C15H19F3N4O2/c1-10-8-19-12(20-11(10)15(16,17)18)22-7-4-14(9-22)2-5-21(6-3-14)13(23)24/h8H,2-7,9H2,1H3,(H,23,24). The van der Waals surface area contributed by atoms with Crippen LogP contribution in [0, 0.1) is 12.3 Å². The number of carboxylic acid groups (broad SMARTS) is 1. The third-order valence-electron chi connectivity index (χ3n) is 5.04. The van der Waals surface area contributed by atoms with Gasteiger partial charge in [-0.1, -0.05) is 0 Å². The van der Waals surface area contributed by atoms with Gasteiger partial charge in [-0.2, -0.15) is 13.2 Å². The Morgan fingerprint density at radius 2 is 1.88 bits per heavy atom. The Hall–Kier alpha value is -2.06. The summed E-state index contributed by atoms with van der Waals surface area (Å²) in [5.41, 5.74) is -0.942. The molecule has 1 aromatic rings. The van der Waals surface area contributed by atoms with E-state index in [1.807, 2.05) is 0 Å². The minimum Gasteiger partial charge on any atom is -0.465 e. The second kappa shape index (κ2) is 5.78. The first-order chi connectivity index (χ1) is 11.2. The van der Waals surface area contributed by atoms with Crippen LogP contribution >= 0.6 is 0 Å². The molecule has 132 valence electrons. The van der Waals surface area contributed by atoms with Crippen molar-refractivity contribution in [3.8, 4) is 0 Å². The normalized spacial score (nSPS) is 20.7. The van der Waals surface area contributed by atoms with Crippen LogP contribution < -0.4 is 4.90 Å². The molecule has 3 heterocycles. The minimum absolute atomic E-state index is 0.00919. The van der Waals surface area contributed by atoms with E-state index in [9.17, 15) is 18.0 Å². The van der Waals surface area contributed by atoms with Gasteiger partial charge in [-0.15, -0.1) is 0 Å². The van der Waals surface area contributed by atoms with Crippen LogP contribution in [0.3, 0.4) is 0 Å². The number of anilines is 1. The van der Waals surface area contributed by atoms with Gasteiger partial charge in [0.15, 0.2) is 5.69 Å². The number of hydrogen-bond donors (Lipinski definition) is 1. The zero-order valence-corrected chi connectivity index (χ0v) is 13.3. The van der Waals surface area contributed by atoms with Crippen LogP contribution in [0.5, 0.6) is 0 Å². The number of likely N-dealkylation sites (tertiary alicyclic amines) is 1. The van der Waals surface area contributed by atoms with Crippen molar-refractivity contribution >= 4 is 12.0 Å². The minimum atomic E-state index is -4.49. The van der Waals surface area contributed by atoms with Gasteiger partial charge in [-0.05, 0) is 37.2 Å². The summed E-state index contributed by atoms with van der Waals surface area (Å²) < 4.78 is 39.0. The molecule has 3 rings (SSSR count). The van der Waals surface area contributed by atoms with Gasteiger partial charge in [-0.3, -0.25) is 0 Å². The van der Waals surface area contributed by atoms with Crippen LogP contribution in [0.25, 0.3) is 0 Å². The fraction of sp³-hybridized carbons (Fsp3) is 0.667. The summed E-state index contributed by atoms with van der Waals surface area (Å²) in [4.78, 5) is 22.0. The van der Waals surface area contributed by atoms with Crippen molar-refractivity contribution in [3.63, 3.8) is 0 Å². The Morgan fingerprint density at radius 3 is 2.46 bits per heavy atom. The van der Waals surface area contributed by atoms with Crippen molar-refractivity contribution in [2.24, 2.45) is 5.41 Å². The SMILES string of the molecule is Cc1cnc(N2CCC3(CCN(C(=O)O)CC3)C2)nc1C(F)(F)F. The fourth-order valence-corrected chi connectivity index (χ4v) is 3.56. The first-order valence-electron chi connectivity index (χ1n) is 7.84. The molecule has 2 fully saturated rings. The number of carbonyl (C=O) groups is 1. The molecule has 2 aliphatic heterocycles. The zero-order valence-electron chi connectivity index (χ0n) is 13.3. The third kappa shape index (κ3) is 3.11. The number of nitrogens with zero attached hydrogens (tertiary/aromatic N) is 4. The third-order valence-corrected chi connectivity index (χ3v) is 5.04. The van der Waals surface area contributed by atoms with Crippen molar-refractivity contribution in [1.82, 2.24) is 14.9 Å². The topological polar surface area (TPSA) is 69.6 Å². The summed E-state index contributed by atoms with van der Waals surface area (Å²) in [7, 11) is 0. The molecule has 1 aromatic heterocycles. The largest absolute Gasteiger partial charge is 0.465 e. The molecule has 0 aliphatic carbocycles. The lowest BCUT2D eigenvalue weighted by atomic mass is 9.78.